The molecule has 1 aromatic rings. The van der Waals surface area contributed by atoms with E-state index in [4.69, 9.17) is 9.47 Å². The molecule has 0 spiro atoms. The van der Waals surface area contributed by atoms with Gasteiger partial charge in [-0.3, -0.25) is 9.59 Å². The molecular formula is C20H31NO4. The molecule has 0 aliphatic carbocycles. The first-order valence-electron chi connectivity index (χ1n) is 8.86. The Labute approximate surface area is 151 Å². The highest BCUT2D eigenvalue weighted by molar-refractivity contribution is 5.79. The standard InChI is InChI=1S/C20H31NO4/c1-6-21(7-2)14-20(4,5)15-25-19(23)18(13-24-16(3)22)17-11-9-8-10-12-17/h8-12,18H,6-7,13-15H2,1-5H3. The lowest BCUT2D eigenvalue weighted by Gasteiger charge is -2.31. The molecule has 5 heteroatoms. The van der Waals surface area contributed by atoms with Gasteiger partial charge in [0.25, 0.3) is 0 Å². The zero-order valence-electron chi connectivity index (χ0n) is 16.1. The van der Waals surface area contributed by atoms with Crippen LogP contribution in [0.15, 0.2) is 30.3 Å². The molecule has 5 nitrogen and oxygen atoms in total. The van der Waals surface area contributed by atoms with Crippen molar-refractivity contribution in [2.45, 2.75) is 40.5 Å². The number of hydrogen-bond acceptors (Lipinski definition) is 5. The van der Waals surface area contributed by atoms with Crippen LogP contribution in [-0.4, -0.2) is 49.7 Å². The quantitative estimate of drug-likeness (QED) is 0.607. The minimum Gasteiger partial charge on any atom is -0.465 e. The van der Waals surface area contributed by atoms with Crippen LogP contribution in [0, 0.1) is 5.41 Å². The number of hydrogen-bond donors (Lipinski definition) is 0. The maximum absolute atomic E-state index is 12.6. The molecule has 0 fully saturated rings. The van der Waals surface area contributed by atoms with Crippen LogP contribution in [0.25, 0.3) is 0 Å². The molecular weight excluding hydrogens is 318 g/mol. The molecule has 0 saturated heterocycles. The van der Waals surface area contributed by atoms with Crippen molar-refractivity contribution >= 4 is 11.9 Å². The second-order valence-corrected chi connectivity index (χ2v) is 7.00. The highest BCUT2D eigenvalue weighted by atomic mass is 16.5. The summed E-state index contributed by atoms with van der Waals surface area (Å²) < 4.78 is 10.7. The smallest absolute Gasteiger partial charge is 0.316 e. The highest BCUT2D eigenvalue weighted by Crippen LogP contribution is 2.22. The monoisotopic (exact) mass is 349 g/mol. The van der Waals surface area contributed by atoms with E-state index in [1.54, 1.807) is 0 Å². The first-order chi connectivity index (χ1) is 11.8. The number of nitrogens with zero attached hydrogens (tertiary/aromatic N) is 1. The van der Waals surface area contributed by atoms with Gasteiger partial charge in [0.1, 0.15) is 12.5 Å². The van der Waals surface area contributed by atoms with Gasteiger partial charge in [-0.15, -0.1) is 0 Å². The van der Waals surface area contributed by atoms with Gasteiger partial charge in [0.15, 0.2) is 0 Å². The molecule has 1 unspecified atom stereocenters. The van der Waals surface area contributed by atoms with E-state index in [1.165, 1.54) is 6.92 Å². The van der Waals surface area contributed by atoms with Crippen molar-refractivity contribution in [2.24, 2.45) is 5.41 Å². The summed E-state index contributed by atoms with van der Waals surface area (Å²) in [6.45, 7) is 12.9. The van der Waals surface area contributed by atoms with E-state index in [2.05, 4.69) is 32.6 Å². The van der Waals surface area contributed by atoms with Crippen molar-refractivity contribution in [3.05, 3.63) is 35.9 Å². The Morgan fingerprint density at radius 2 is 1.68 bits per heavy atom. The van der Waals surface area contributed by atoms with Gasteiger partial charge in [0.2, 0.25) is 0 Å². The fourth-order valence-electron chi connectivity index (χ4n) is 2.65. The van der Waals surface area contributed by atoms with Crippen molar-refractivity contribution in [3.63, 3.8) is 0 Å². The summed E-state index contributed by atoms with van der Waals surface area (Å²) in [5, 5.41) is 0. The van der Waals surface area contributed by atoms with Crippen molar-refractivity contribution in [1.82, 2.24) is 4.90 Å². The van der Waals surface area contributed by atoms with E-state index in [1.807, 2.05) is 30.3 Å². The third-order valence-electron chi connectivity index (χ3n) is 4.09. The number of benzene rings is 1. The first-order valence-corrected chi connectivity index (χ1v) is 8.86. The van der Waals surface area contributed by atoms with Crippen LogP contribution in [0.4, 0.5) is 0 Å². The second-order valence-electron chi connectivity index (χ2n) is 7.00. The van der Waals surface area contributed by atoms with Crippen LogP contribution < -0.4 is 0 Å². The van der Waals surface area contributed by atoms with Crippen molar-refractivity contribution in [3.8, 4) is 0 Å². The van der Waals surface area contributed by atoms with Crippen LogP contribution >= 0.6 is 0 Å². The summed E-state index contributed by atoms with van der Waals surface area (Å²) in [6, 6.07) is 9.28. The Balaban J connectivity index is 2.73. The number of carbonyl (C=O) groups excluding carboxylic acids is 2. The average Bonchev–Trinajstić information content (AvgIpc) is 2.59. The molecule has 0 aromatic heterocycles. The molecule has 0 radical (unpaired) electrons. The summed E-state index contributed by atoms with van der Waals surface area (Å²) in [4.78, 5) is 26.0. The fourth-order valence-corrected chi connectivity index (χ4v) is 2.65. The van der Waals surface area contributed by atoms with Gasteiger partial charge in [-0.1, -0.05) is 58.0 Å². The van der Waals surface area contributed by atoms with Crippen LogP contribution in [-0.2, 0) is 19.1 Å². The molecule has 1 rings (SSSR count). The van der Waals surface area contributed by atoms with Crippen LogP contribution in [0.3, 0.4) is 0 Å². The molecule has 1 aromatic carbocycles. The number of esters is 2. The third-order valence-corrected chi connectivity index (χ3v) is 4.09. The van der Waals surface area contributed by atoms with E-state index in [9.17, 15) is 9.59 Å². The summed E-state index contributed by atoms with van der Waals surface area (Å²) in [7, 11) is 0. The van der Waals surface area contributed by atoms with E-state index in [-0.39, 0.29) is 18.0 Å². The molecule has 140 valence electrons. The maximum atomic E-state index is 12.6. The lowest BCUT2D eigenvalue weighted by molar-refractivity contribution is -0.153. The first kappa shape index (κ1) is 21.2. The van der Waals surface area contributed by atoms with Gasteiger partial charge < -0.3 is 14.4 Å². The zero-order chi connectivity index (χ0) is 18.9. The Bertz CT molecular complexity index is 538. The van der Waals surface area contributed by atoms with Crippen LogP contribution in [0.1, 0.15) is 46.1 Å². The van der Waals surface area contributed by atoms with E-state index < -0.39 is 11.9 Å². The molecule has 25 heavy (non-hydrogen) atoms. The average molecular weight is 349 g/mol. The van der Waals surface area contributed by atoms with Gasteiger partial charge in [-0.2, -0.15) is 0 Å². The predicted octanol–water partition coefficient (Wildman–Crippen LogP) is 3.24. The van der Waals surface area contributed by atoms with E-state index >= 15 is 0 Å². The molecule has 0 N–H and O–H groups in total. The molecule has 0 amide bonds. The summed E-state index contributed by atoms with van der Waals surface area (Å²) in [5.74, 6) is -1.37. The molecule has 0 bridgehead atoms. The SMILES string of the molecule is CCN(CC)CC(C)(C)COC(=O)C(COC(C)=O)c1ccccc1. The van der Waals surface area contributed by atoms with Crippen LogP contribution in [0.2, 0.25) is 0 Å². The third kappa shape index (κ3) is 7.69. The van der Waals surface area contributed by atoms with Crippen LogP contribution in [0.5, 0.6) is 0 Å². The fraction of sp³-hybridized carbons (Fsp3) is 0.600. The minimum atomic E-state index is -0.602. The lowest BCUT2D eigenvalue weighted by atomic mass is 9.93. The van der Waals surface area contributed by atoms with Gasteiger partial charge in [-0.05, 0) is 18.7 Å². The topological polar surface area (TPSA) is 55.8 Å². The normalized spacial score (nSPS) is 12.7. The van der Waals surface area contributed by atoms with Gasteiger partial charge in [0.05, 0.1) is 6.61 Å². The van der Waals surface area contributed by atoms with Gasteiger partial charge in [-0.25, -0.2) is 0 Å². The predicted molar refractivity (Wildman–Crippen MR) is 98.3 cm³/mol. The molecule has 0 heterocycles. The Hall–Kier alpha value is -1.88. The van der Waals surface area contributed by atoms with Gasteiger partial charge >= 0.3 is 11.9 Å². The van der Waals surface area contributed by atoms with Gasteiger partial charge in [0, 0.05) is 18.9 Å². The molecule has 0 aliphatic heterocycles. The molecule has 0 saturated carbocycles. The Morgan fingerprint density at radius 1 is 1.08 bits per heavy atom. The second kappa shape index (κ2) is 10.2. The Kier molecular flexibility index (Phi) is 8.62. The van der Waals surface area contributed by atoms with Crippen molar-refractivity contribution in [2.75, 3.05) is 32.8 Å². The van der Waals surface area contributed by atoms with Crippen molar-refractivity contribution in [1.29, 1.82) is 0 Å². The largest absolute Gasteiger partial charge is 0.465 e. The summed E-state index contributed by atoms with van der Waals surface area (Å²) in [6.07, 6.45) is 0. The highest BCUT2D eigenvalue weighted by Gasteiger charge is 2.28. The lowest BCUT2D eigenvalue weighted by Crippen LogP contribution is -2.38. The molecule has 1 atom stereocenters. The summed E-state index contributed by atoms with van der Waals surface area (Å²) >= 11 is 0. The van der Waals surface area contributed by atoms with Crippen molar-refractivity contribution < 1.29 is 19.1 Å². The van der Waals surface area contributed by atoms with E-state index in [0.29, 0.717) is 6.61 Å². The Morgan fingerprint density at radius 3 is 2.20 bits per heavy atom. The zero-order valence-corrected chi connectivity index (χ0v) is 16.1. The maximum Gasteiger partial charge on any atom is 0.316 e. The minimum absolute atomic E-state index is 0.00530. The summed E-state index contributed by atoms with van der Waals surface area (Å²) in [5.41, 5.74) is 0.639. The number of rotatable bonds is 10. The number of carbonyl (C=O) groups is 2. The number of ether oxygens (including phenoxy) is 2. The van der Waals surface area contributed by atoms with E-state index in [0.717, 1.165) is 25.2 Å². The molecule has 0 aliphatic rings.